The van der Waals surface area contributed by atoms with Gasteiger partial charge in [-0.25, -0.2) is 15.0 Å². The lowest BCUT2D eigenvalue weighted by Crippen LogP contribution is -2.51. The van der Waals surface area contributed by atoms with Crippen molar-refractivity contribution in [3.05, 3.63) is 65.3 Å². The molecule has 0 spiro atoms. The van der Waals surface area contributed by atoms with Crippen LogP contribution in [0.2, 0.25) is 0 Å². The summed E-state index contributed by atoms with van der Waals surface area (Å²) >= 11 is 3.37. The number of rotatable bonds is 4. The molecule has 8 heteroatoms. The standard InChI is InChI=1S/C21H20BrN5O2/c1-14-17(29-18-8-7-15(22)13-26-18)6-3-12-27(14)21(28)19-16(5-2-9-23-19)20-24-10-4-11-25-20/h2,4-5,7-11,13-14,17H,3,6,12H2,1H3. The number of pyridine rings is 2. The number of carbonyl (C=O) groups excluding carboxylic acids is 1. The Balaban J connectivity index is 1.57. The lowest BCUT2D eigenvalue weighted by Gasteiger charge is -2.39. The minimum Gasteiger partial charge on any atom is -0.472 e. The number of piperidine rings is 1. The molecule has 2 atom stereocenters. The van der Waals surface area contributed by atoms with Crippen LogP contribution in [0.1, 0.15) is 30.3 Å². The zero-order valence-electron chi connectivity index (χ0n) is 15.9. The van der Waals surface area contributed by atoms with Crippen LogP contribution in [0, 0.1) is 0 Å². The molecule has 0 aliphatic carbocycles. The molecule has 1 fully saturated rings. The Morgan fingerprint density at radius 1 is 1.10 bits per heavy atom. The Bertz CT molecular complexity index is 984. The highest BCUT2D eigenvalue weighted by Gasteiger charge is 2.34. The average Bonchev–Trinajstić information content (AvgIpc) is 2.77. The lowest BCUT2D eigenvalue weighted by atomic mass is 9.99. The van der Waals surface area contributed by atoms with E-state index in [1.807, 2.05) is 30.0 Å². The first-order valence-electron chi connectivity index (χ1n) is 9.45. The molecule has 0 N–H and O–H groups in total. The SMILES string of the molecule is CC1C(Oc2ccc(Br)cn2)CCCN1C(=O)c1ncccc1-c1ncccn1. The summed E-state index contributed by atoms with van der Waals surface area (Å²) in [5.41, 5.74) is 0.982. The van der Waals surface area contributed by atoms with Gasteiger partial charge in [-0.1, -0.05) is 0 Å². The summed E-state index contributed by atoms with van der Waals surface area (Å²) in [5, 5.41) is 0. The highest BCUT2D eigenvalue weighted by atomic mass is 79.9. The highest BCUT2D eigenvalue weighted by Crippen LogP contribution is 2.26. The fraction of sp³-hybridized carbons (Fsp3) is 0.286. The van der Waals surface area contributed by atoms with E-state index in [1.54, 1.807) is 36.9 Å². The molecule has 0 bridgehead atoms. The second-order valence-electron chi connectivity index (χ2n) is 6.82. The largest absolute Gasteiger partial charge is 0.472 e. The predicted molar refractivity (Wildman–Crippen MR) is 111 cm³/mol. The van der Waals surface area contributed by atoms with Gasteiger partial charge in [0.15, 0.2) is 5.82 Å². The Morgan fingerprint density at radius 3 is 2.66 bits per heavy atom. The number of ether oxygens (including phenoxy) is 1. The van der Waals surface area contributed by atoms with Gasteiger partial charge in [0.05, 0.1) is 11.6 Å². The first kappa shape index (κ1) is 19.4. The molecular weight excluding hydrogens is 434 g/mol. The third kappa shape index (κ3) is 4.27. The van der Waals surface area contributed by atoms with Crippen molar-refractivity contribution in [3.8, 4) is 17.3 Å². The molecular formula is C21H20BrN5O2. The fourth-order valence-electron chi connectivity index (χ4n) is 3.47. The molecule has 1 saturated heterocycles. The van der Waals surface area contributed by atoms with Crippen LogP contribution in [0.4, 0.5) is 0 Å². The number of likely N-dealkylation sites (tertiary alicyclic amines) is 1. The van der Waals surface area contributed by atoms with E-state index in [0.717, 1.165) is 17.3 Å². The van der Waals surface area contributed by atoms with E-state index in [2.05, 4.69) is 35.9 Å². The molecule has 1 aliphatic heterocycles. The molecule has 3 aromatic rings. The van der Waals surface area contributed by atoms with Crippen molar-refractivity contribution in [2.45, 2.75) is 31.9 Å². The quantitative estimate of drug-likeness (QED) is 0.597. The molecule has 0 radical (unpaired) electrons. The third-order valence-electron chi connectivity index (χ3n) is 4.97. The Kier molecular flexibility index (Phi) is 5.80. The van der Waals surface area contributed by atoms with Gasteiger partial charge in [0.1, 0.15) is 11.8 Å². The van der Waals surface area contributed by atoms with Crippen LogP contribution in [0.25, 0.3) is 11.4 Å². The van der Waals surface area contributed by atoms with Gasteiger partial charge in [-0.3, -0.25) is 9.78 Å². The number of carbonyl (C=O) groups is 1. The average molecular weight is 454 g/mol. The number of hydrogen-bond donors (Lipinski definition) is 0. The molecule has 2 unspecified atom stereocenters. The van der Waals surface area contributed by atoms with Crippen LogP contribution < -0.4 is 4.74 Å². The smallest absolute Gasteiger partial charge is 0.273 e. The summed E-state index contributed by atoms with van der Waals surface area (Å²) in [7, 11) is 0. The monoisotopic (exact) mass is 453 g/mol. The van der Waals surface area contributed by atoms with Gasteiger partial charge in [0, 0.05) is 41.9 Å². The molecule has 3 aromatic heterocycles. The van der Waals surface area contributed by atoms with Crippen molar-refractivity contribution in [2.75, 3.05) is 6.54 Å². The normalized spacial score (nSPS) is 19.0. The summed E-state index contributed by atoms with van der Waals surface area (Å²) < 4.78 is 6.98. The topological polar surface area (TPSA) is 81.1 Å². The maximum atomic E-state index is 13.4. The Morgan fingerprint density at radius 2 is 1.90 bits per heavy atom. The van der Waals surface area contributed by atoms with Crippen LogP contribution in [0.3, 0.4) is 0 Å². The first-order chi connectivity index (χ1) is 14.1. The van der Waals surface area contributed by atoms with E-state index in [4.69, 9.17) is 4.74 Å². The minimum atomic E-state index is -0.141. The summed E-state index contributed by atoms with van der Waals surface area (Å²) in [6.45, 7) is 2.65. The molecule has 4 heterocycles. The molecule has 148 valence electrons. The summed E-state index contributed by atoms with van der Waals surface area (Å²) in [4.78, 5) is 32.4. The van der Waals surface area contributed by atoms with Crippen molar-refractivity contribution in [2.24, 2.45) is 0 Å². The van der Waals surface area contributed by atoms with E-state index in [0.29, 0.717) is 29.5 Å². The van der Waals surface area contributed by atoms with E-state index in [1.165, 1.54) is 0 Å². The fourth-order valence-corrected chi connectivity index (χ4v) is 3.70. The molecule has 0 aromatic carbocycles. The Hall–Kier alpha value is -2.87. The van der Waals surface area contributed by atoms with Crippen molar-refractivity contribution < 1.29 is 9.53 Å². The maximum Gasteiger partial charge on any atom is 0.273 e. The van der Waals surface area contributed by atoms with Crippen molar-refractivity contribution in [3.63, 3.8) is 0 Å². The van der Waals surface area contributed by atoms with Gasteiger partial charge in [0.25, 0.3) is 5.91 Å². The number of halogens is 1. The van der Waals surface area contributed by atoms with Gasteiger partial charge in [-0.05, 0) is 60.0 Å². The molecule has 1 amide bonds. The Labute approximate surface area is 177 Å². The maximum absolute atomic E-state index is 13.4. The zero-order valence-corrected chi connectivity index (χ0v) is 17.5. The molecule has 1 aliphatic rings. The summed E-state index contributed by atoms with van der Waals surface area (Å²) in [5.74, 6) is 0.897. The van der Waals surface area contributed by atoms with Crippen LogP contribution in [-0.4, -0.2) is 49.4 Å². The van der Waals surface area contributed by atoms with E-state index in [9.17, 15) is 4.79 Å². The van der Waals surface area contributed by atoms with E-state index >= 15 is 0 Å². The van der Waals surface area contributed by atoms with Gasteiger partial charge in [0.2, 0.25) is 5.88 Å². The van der Waals surface area contributed by atoms with Crippen LogP contribution in [0.5, 0.6) is 5.88 Å². The molecule has 7 nitrogen and oxygen atoms in total. The first-order valence-corrected chi connectivity index (χ1v) is 10.2. The van der Waals surface area contributed by atoms with Gasteiger partial charge in [-0.15, -0.1) is 0 Å². The van der Waals surface area contributed by atoms with Crippen molar-refractivity contribution >= 4 is 21.8 Å². The highest BCUT2D eigenvalue weighted by molar-refractivity contribution is 9.10. The van der Waals surface area contributed by atoms with E-state index < -0.39 is 0 Å². The van der Waals surface area contributed by atoms with E-state index in [-0.39, 0.29) is 18.1 Å². The number of hydrogen-bond acceptors (Lipinski definition) is 6. The predicted octanol–water partition coefficient (Wildman–Crippen LogP) is 3.77. The zero-order chi connectivity index (χ0) is 20.2. The number of nitrogens with zero attached hydrogens (tertiary/aromatic N) is 5. The van der Waals surface area contributed by atoms with Crippen molar-refractivity contribution in [1.29, 1.82) is 0 Å². The second-order valence-corrected chi connectivity index (χ2v) is 7.74. The third-order valence-corrected chi connectivity index (χ3v) is 5.44. The van der Waals surface area contributed by atoms with Crippen LogP contribution in [0.15, 0.2) is 59.6 Å². The van der Waals surface area contributed by atoms with Gasteiger partial charge in [-0.2, -0.15) is 0 Å². The summed E-state index contributed by atoms with van der Waals surface area (Å²) in [6, 6.07) is 8.94. The molecule has 29 heavy (non-hydrogen) atoms. The summed E-state index contributed by atoms with van der Waals surface area (Å²) in [6.07, 6.45) is 8.20. The van der Waals surface area contributed by atoms with Crippen molar-refractivity contribution in [1.82, 2.24) is 24.8 Å². The second kappa shape index (κ2) is 8.65. The number of amides is 1. The van der Waals surface area contributed by atoms with Gasteiger partial charge < -0.3 is 9.64 Å². The molecule has 0 saturated carbocycles. The number of aromatic nitrogens is 4. The van der Waals surface area contributed by atoms with Crippen LogP contribution in [-0.2, 0) is 0 Å². The van der Waals surface area contributed by atoms with Crippen LogP contribution >= 0.6 is 15.9 Å². The lowest BCUT2D eigenvalue weighted by molar-refractivity contribution is 0.0262. The molecule has 4 rings (SSSR count). The van der Waals surface area contributed by atoms with Gasteiger partial charge >= 0.3 is 0 Å². The minimum absolute atomic E-state index is 0.117.